The first kappa shape index (κ1) is 25.7. The Morgan fingerprint density at radius 3 is 2.38 bits per heavy atom. The number of carbonyl (C=O) groups excluding carboxylic acids is 2. The molecule has 1 aromatic heterocycles. The van der Waals surface area contributed by atoms with Crippen LogP contribution in [0.15, 0.2) is 88.1 Å². The normalized spacial score (nSPS) is 11.6. The van der Waals surface area contributed by atoms with E-state index in [4.69, 9.17) is 13.9 Å². The lowest BCUT2D eigenvalue weighted by Crippen LogP contribution is -2.43. The van der Waals surface area contributed by atoms with Gasteiger partial charge in [0.15, 0.2) is 0 Å². The van der Waals surface area contributed by atoms with Gasteiger partial charge in [0.25, 0.3) is 0 Å². The number of nitrogens with one attached hydrogen (secondary N) is 1. The predicted molar refractivity (Wildman–Crippen MR) is 141 cm³/mol. The zero-order chi connectivity index (χ0) is 26.2. The Morgan fingerprint density at radius 1 is 0.973 bits per heavy atom. The standard InChI is InChI=1S/C30H29NO6/c1-3-4-15-25(31-30(34)35-19-21-11-7-5-8-12-21)29(33)36-26-17-16-23-24(22-13-9-6-10-14-22)18-27(32)37-28(23)20(26)2/h5-14,16-18,25H,3-4,15,19H2,1-2H3,(H,31,34)/t25-/m1/s1. The molecule has 1 atom stereocenters. The number of ether oxygens (including phenoxy) is 2. The SMILES string of the molecule is CCCC[C@@H](NC(=O)OCc1ccccc1)C(=O)Oc1ccc2c(-c3ccccc3)cc(=O)oc2c1C. The van der Waals surface area contributed by atoms with Crippen molar-refractivity contribution in [3.8, 4) is 16.9 Å². The summed E-state index contributed by atoms with van der Waals surface area (Å²) in [7, 11) is 0. The average Bonchev–Trinajstić information content (AvgIpc) is 2.92. The first-order chi connectivity index (χ1) is 18.0. The Kier molecular flexibility index (Phi) is 8.36. The zero-order valence-corrected chi connectivity index (χ0v) is 20.9. The zero-order valence-electron chi connectivity index (χ0n) is 20.9. The quantitative estimate of drug-likeness (QED) is 0.168. The summed E-state index contributed by atoms with van der Waals surface area (Å²) in [6.45, 7) is 3.82. The average molecular weight is 500 g/mol. The molecule has 4 aromatic rings. The number of rotatable bonds is 9. The van der Waals surface area contributed by atoms with Gasteiger partial charge in [-0.3, -0.25) is 0 Å². The van der Waals surface area contributed by atoms with Crippen molar-refractivity contribution in [2.75, 3.05) is 0 Å². The maximum atomic E-state index is 13.1. The Labute approximate surface area is 215 Å². The number of amides is 1. The van der Waals surface area contributed by atoms with Crippen LogP contribution in [-0.2, 0) is 16.1 Å². The van der Waals surface area contributed by atoms with E-state index in [2.05, 4.69) is 5.32 Å². The molecule has 0 radical (unpaired) electrons. The smallest absolute Gasteiger partial charge is 0.408 e. The van der Waals surface area contributed by atoms with E-state index >= 15 is 0 Å². The molecule has 0 aliphatic rings. The molecule has 1 N–H and O–H groups in total. The second-order valence-corrected chi connectivity index (χ2v) is 8.73. The number of esters is 1. The Bertz CT molecular complexity index is 1430. The fourth-order valence-electron chi connectivity index (χ4n) is 4.05. The lowest BCUT2D eigenvalue weighted by molar-refractivity contribution is -0.136. The molecule has 0 aliphatic carbocycles. The lowest BCUT2D eigenvalue weighted by atomic mass is 10.00. The number of hydrogen-bond acceptors (Lipinski definition) is 6. The number of alkyl carbamates (subject to hydrolysis) is 1. The Morgan fingerprint density at radius 2 is 1.68 bits per heavy atom. The molecule has 1 heterocycles. The molecule has 4 rings (SSSR count). The summed E-state index contributed by atoms with van der Waals surface area (Å²) in [5.74, 6) is -0.360. The summed E-state index contributed by atoms with van der Waals surface area (Å²) in [5.41, 5.74) is 2.81. The van der Waals surface area contributed by atoms with Crippen LogP contribution in [0.1, 0.15) is 37.3 Å². The van der Waals surface area contributed by atoms with E-state index in [9.17, 15) is 14.4 Å². The van der Waals surface area contributed by atoms with Crippen molar-refractivity contribution in [2.24, 2.45) is 0 Å². The van der Waals surface area contributed by atoms with Gasteiger partial charge >= 0.3 is 17.7 Å². The lowest BCUT2D eigenvalue weighted by Gasteiger charge is -2.18. The fraction of sp³-hybridized carbons (Fsp3) is 0.233. The molecule has 7 heteroatoms. The van der Waals surface area contributed by atoms with Crippen molar-refractivity contribution in [3.05, 3.63) is 100 Å². The molecule has 0 spiro atoms. The fourth-order valence-corrected chi connectivity index (χ4v) is 4.05. The minimum absolute atomic E-state index is 0.0920. The number of benzene rings is 3. The predicted octanol–water partition coefficient (Wildman–Crippen LogP) is 6.16. The van der Waals surface area contributed by atoms with Crippen LogP contribution in [0.4, 0.5) is 4.79 Å². The molecule has 1 amide bonds. The van der Waals surface area contributed by atoms with Gasteiger partial charge in [0, 0.05) is 17.0 Å². The summed E-state index contributed by atoms with van der Waals surface area (Å²) in [6.07, 6.45) is 1.25. The molecule has 0 aliphatic heterocycles. The topological polar surface area (TPSA) is 94.8 Å². The van der Waals surface area contributed by atoms with Crippen LogP contribution in [0.3, 0.4) is 0 Å². The summed E-state index contributed by atoms with van der Waals surface area (Å²) in [5, 5.41) is 3.36. The van der Waals surface area contributed by atoms with Gasteiger partial charge in [0.05, 0.1) is 0 Å². The highest BCUT2D eigenvalue weighted by molar-refractivity contribution is 5.96. The third-order valence-corrected chi connectivity index (χ3v) is 6.04. The van der Waals surface area contributed by atoms with Crippen LogP contribution in [0.2, 0.25) is 0 Å². The molecule has 0 saturated carbocycles. The highest BCUT2D eigenvalue weighted by atomic mass is 16.6. The summed E-state index contributed by atoms with van der Waals surface area (Å²) >= 11 is 0. The van der Waals surface area contributed by atoms with Crippen LogP contribution in [0.25, 0.3) is 22.1 Å². The molecular formula is C30H29NO6. The molecule has 7 nitrogen and oxygen atoms in total. The Balaban J connectivity index is 1.53. The van der Waals surface area contributed by atoms with Crippen LogP contribution >= 0.6 is 0 Å². The van der Waals surface area contributed by atoms with Gasteiger partial charge in [-0.2, -0.15) is 0 Å². The van der Waals surface area contributed by atoms with Gasteiger partial charge in [0.2, 0.25) is 0 Å². The van der Waals surface area contributed by atoms with Crippen molar-refractivity contribution in [1.82, 2.24) is 5.32 Å². The molecule has 3 aromatic carbocycles. The molecule has 190 valence electrons. The molecule has 0 fully saturated rings. The third-order valence-electron chi connectivity index (χ3n) is 6.04. The van der Waals surface area contributed by atoms with Gasteiger partial charge in [-0.1, -0.05) is 80.4 Å². The van der Waals surface area contributed by atoms with Gasteiger partial charge in [-0.25, -0.2) is 14.4 Å². The van der Waals surface area contributed by atoms with Crippen molar-refractivity contribution >= 4 is 23.0 Å². The summed E-state index contributed by atoms with van der Waals surface area (Å²) in [6, 6.07) is 22.8. The van der Waals surface area contributed by atoms with Crippen molar-refractivity contribution in [1.29, 1.82) is 0 Å². The monoisotopic (exact) mass is 499 g/mol. The molecular weight excluding hydrogens is 470 g/mol. The largest absolute Gasteiger partial charge is 0.445 e. The van der Waals surface area contributed by atoms with Crippen molar-refractivity contribution in [2.45, 2.75) is 45.8 Å². The molecule has 0 unspecified atom stereocenters. The van der Waals surface area contributed by atoms with Crippen molar-refractivity contribution in [3.63, 3.8) is 0 Å². The van der Waals surface area contributed by atoms with Crippen molar-refractivity contribution < 1.29 is 23.5 Å². The Hall–Kier alpha value is -4.39. The highest BCUT2D eigenvalue weighted by Gasteiger charge is 2.24. The summed E-state index contributed by atoms with van der Waals surface area (Å²) < 4.78 is 16.5. The van der Waals surface area contributed by atoms with Crippen LogP contribution in [-0.4, -0.2) is 18.1 Å². The van der Waals surface area contributed by atoms with Crippen LogP contribution < -0.4 is 15.7 Å². The minimum Gasteiger partial charge on any atom is -0.445 e. The van der Waals surface area contributed by atoms with Gasteiger partial charge < -0.3 is 19.2 Å². The summed E-state index contributed by atoms with van der Waals surface area (Å²) in [4.78, 5) is 37.8. The second-order valence-electron chi connectivity index (χ2n) is 8.73. The van der Waals surface area contributed by atoms with E-state index in [-0.39, 0.29) is 12.4 Å². The van der Waals surface area contributed by atoms with E-state index in [0.29, 0.717) is 24.0 Å². The van der Waals surface area contributed by atoms with Gasteiger partial charge in [-0.15, -0.1) is 0 Å². The van der Waals surface area contributed by atoms with Gasteiger partial charge in [0.1, 0.15) is 24.0 Å². The maximum absolute atomic E-state index is 13.1. The molecule has 0 bridgehead atoms. The third kappa shape index (κ3) is 6.44. The molecule has 37 heavy (non-hydrogen) atoms. The number of carbonyl (C=O) groups is 2. The highest BCUT2D eigenvalue weighted by Crippen LogP contribution is 2.33. The number of unbranched alkanes of at least 4 members (excludes halogenated alkanes) is 1. The van der Waals surface area contributed by atoms with E-state index in [1.807, 2.05) is 67.6 Å². The molecule has 0 saturated heterocycles. The second kappa shape index (κ2) is 12.0. The maximum Gasteiger partial charge on any atom is 0.408 e. The van der Waals surface area contributed by atoms with E-state index < -0.39 is 23.7 Å². The minimum atomic E-state index is -0.888. The number of aryl methyl sites for hydroxylation is 1. The number of fused-ring (bicyclic) bond motifs is 1. The first-order valence-corrected chi connectivity index (χ1v) is 12.3. The first-order valence-electron chi connectivity index (χ1n) is 12.3. The van der Waals surface area contributed by atoms with E-state index in [1.165, 1.54) is 6.07 Å². The van der Waals surface area contributed by atoms with E-state index in [0.717, 1.165) is 28.5 Å². The van der Waals surface area contributed by atoms with Crippen LogP contribution in [0.5, 0.6) is 5.75 Å². The van der Waals surface area contributed by atoms with Gasteiger partial charge in [-0.05, 0) is 42.2 Å². The van der Waals surface area contributed by atoms with E-state index in [1.54, 1.807) is 19.1 Å². The van der Waals surface area contributed by atoms with Crippen LogP contribution in [0, 0.1) is 6.92 Å². The number of hydrogen-bond donors (Lipinski definition) is 1.